The van der Waals surface area contributed by atoms with Crippen molar-refractivity contribution in [2.75, 3.05) is 17.2 Å². The number of alkyl carbamates (subject to hydrolysis) is 1. The molecule has 1 heterocycles. The van der Waals surface area contributed by atoms with Crippen molar-refractivity contribution in [1.29, 1.82) is 0 Å². The maximum atomic E-state index is 13.8. The molecule has 2 N–H and O–H groups in total. The molecule has 0 radical (unpaired) electrons. The average Bonchev–Trinajstić information content (AvgIpc) is 2.91. The first-order chi connectivity index (χ1) is 19.0. The number of alkyl halides is 3. The molecule has 0 bridgehead atoms. The van der Waals surface area contributed by atoms with Crippen LogP contribution in [0.2, 0.25) is 0 Å². The fourth-order valence-corrected chi connectivity index (χ4v) is 5.60. The Balaban J connectivity index is 2.04. The number of carbonyl (C=O) groups excluding carboxylic acids is 3. The summed E-state index contributed by atoms with van der Waals surface area (Å²) in [6, 6.07) is 6.92. The molecule has 0 aromatic heterocycles. The van der Waals surface area contributed by atoms with Crippen LogP contribution in [0.25, 0.3) is 0 Å². The van der Waals surface area contributed by atoms with Gasteiger partial charge in [0.05, 0.1) is 22.9 Å². The number of ether oxygens (including phenoxy) is 2. The van der Waals surface area contributed by atoms with Crippen molar-refractivity contribution < 1.29 is 45.4 Å². The molecule has 0 unspecified atom stereocenters. The number of sulfone groups is 1. The van der Waals surface area contributed by atoms with E-state index in [4.69, 9.17) is 4.74 Å². The average molecular weight is 600 g/mol. The van der Waals surface area contributed by atoms with Gasteiger partial charge in [-0.25, -0.2) is 13.2 Å². The number of halogens is 3. The van der Waals surface area contributed by atoms with Crippen LogP contribution < -0.4 is 20.3 Å². The lowest BCUT2D eigenvalue weighted by Gasteiger charge is -2.27. The van der Waals surface area contributed by atoms with Crippen molar-refractivity contribution in [3.63, 3.8) is 0 Å². The first-order valence-corrected chi connectivity index (χ1v) is 14.4. The van der Waals surface area contributed by atoms with E-state index in [-0.39, 0.29) is 22.7 Å². The molecule has 3 rings (SSSR count). The Kier molecular flexibility index (Phi) is 9.57. The molecule has 0 fully saturated rings. The second kappa shape index (κ2) is 12.4. The Morgan fingerprint density at radius 1 is 1.07 bits per heavy atom. The van der Waals surface area contributed by atoms with E-state index >= 15 is 0 Å². The third-order valence-corrected chi connectivity index (χ3v) is 7.59. The van der Waals surface area contributed by atoms with Crippen LogP contribution >= 0.6 is 0 Å². The van der Waals surface area contributed by atoms with Gasteiger partial charge in [0.15, 0.2) is 9.84 Å². The minimum atomic E-state index is -4.90. The van der Waals surface area contributed by atoms with Crippen LogP contribution in [-0.4, -0.2) is 56.6 Å². The summed E-state index contributed by atoms with van der Waals surface area (Å²) >= 11 is 0. The van der Waals surface area contributed by atoms with Crippen LogP contribution in [0, 0.1) is 0 Å². The highest BCUT2D eigenvalue weighted by Crippen LogP contribution is 2.33. The van der Waals surface area contributed by atoms with Crippen LogP contribution in [0.4, 0.5) is 23.7 Å². The van der Waals surface area contributed by atoms with Gasteiger partial charge in [-0.05, 0) is 63.1 Å². The molecule has 3 amide bonds. The third kappa shape index (κ3) is 8.84. The summed E-state index contributed by atoms with van der Waals surface area (Å²) in [5.41, 5.74) is -0.617. The number of unbranched alkanes of at least 4 members (excludes halogenated alkanes) is 1. The maximum Gasteiger partial charge on any atom is 0.573 e. The standard InChI is InChI=1S/C27H32F3N3O7S/c1-5-6-13-31-23(34)18-9-12-22-21(14-18)33(15-17-7-10-19(11-8-17)39-27(28,29)30)24(35)20(16-41(22,37)38)32-25(36)40-26(2,3)4/h7-12,14,20H,5-6,13,15-16H2,1-4H3,(H,31,34)(H,32,36)/t20-/m0/s1. The lowest BCUT2D eigenvalue weighted by molar-refractivity contribution is -0.274. The number of hydrogen-bond acceptors (Lipinski definition) is 7. The second-order valence-electron chi connectivity index (χ2n) is 10.4. The van der Waals surface area contributed by atoms with E-state index in [1.165, 1.54) is 30.3 Å². The van der Waals surface area contributed by atoms with Crippen molar-refractivity contribution in [3.8, 4) is 5.75 Å². The van der Waals surface area contributed by atoms with Gasteiger partial charge in [-0.1, -0.05) is 25.5 Å². The van der Waals surface area contributed by atoms with Gasteiger partial charge in [-0.3, -0.25) is 9.59 Å². The van der Waals surface area contributed by atoms with Gasteiger partial charge in [0.2, 0.25) is 0 Å². The number of amides is 3. The first kappa shape index (κ1) is 31.7. The summed E-state index contributed by atoms with van der Waals surface area (Å²) < 4.78 is 73.6. The largest absolute Gasteiger partial charge is 0.573 e. The molecule has 2 aromatic rings. The van der Waals surface area contributed by atoms with E-state index in [9.17, 15) is 36.0 Å². The van der Waals surface area contributed by atoms with Crippen molar-refractivity contribution >= 4 is 33.4 Å². The fourth-order valence-electron chi connectivity index (χ4n) is 4.00. The smallest absolute Gasteiger partial charge is 0.444 e. The zero-order valence-corrected chi connectivity index (χ0v) is 23.8. The third-order valence-electron chi connectivity index (χ3n) is 5.80. The number of benzene rings is 2. The highest BCUT2D eigenvalue weighted by atomic mass is 32.2. The van der Waals surface area contributed by atoms with Crippen molar-refractivity contribution in [2.24, 2.45) is 0 Å². The van der Waals surface area contributed by atoms with Crippen molar-refractivity contribution in [2.45, 2.75) is 70.0 Å². The lowest BCUT2D eigenvalue weighted by Crippen LogP contribution is -2.51. The highest BCUT2D eigenvalue weighted by molar-refractivity contribution is 7.91. The zero-order chi connectivity index (χ0) is 30.6. The Labute approximate surface area is 236 Å². The molecule has 2 aromatic carbocycles. The van der Waals surface area contributed by atoms with E-state index < -0.39 is 57.3 Å². The Hall–Kier alpha value is -3.81. The number of carbonyl (C=O) groups is 3. The molecular formula is C27H32F3N3O7S. The summed E-state index contributed by atoms with van der Waals surface area (Å²) in [5.74, 6) is -2.57. The number of fused-ring (bicyclic) bond motifs is 1. The minimum Gasteiger partial charge on any atom is -0.444 e. The maximum absolute atomic E-state index is 13.8. The van der Waals surface area contributed by atoms with Crippen LogP contribution in [-0.2, 0) is 25.9 Å². The quantitative estimate of drug-likeness (QED) is 0.432. The van der Waals surface area contributed by atoms with Gasteiger partial charge in [-0.2, -0.15) is 0 Å². The number of anilines is 1. The van der Waals surface area contributed by atoms with Crippen LogP contribution in [0.15, 0.2) is 47.4 Å². The summed E-state index contributed by atoms with van der Waals surface area (Å²) in [5, 5.41) is 5.05. The number of hydrogen-bond donors (Lipinski definition) is 2. The van der Waals surface area contributed by atoms with Gasteiger partial charge < -0.3 is 25.0 Å². The first-order valence-electron chi connectivity index (χ1n) is 12.8. The summed E-state index contributed by atoms with van der Waals surface area (Å²) in [4.78, 5) is 39.8. The predicted molar refractivity (Wildman–Crippen MR) is 143 cm³/mol. The SMILES string of the molecule is CCCCNC(=O)c1ccc2c(c1)N(Cc1ccc(OC(F)(F)F)cc1)C(=O)[C@@H](NC(=O)OC(C)(C)C)CS2(=O)=O. The molecule has 1 aliphatic rings. The molecule has 224 valence electrons. The molecule has 14 heteroatoms. The molecule has 0 spiro atoms. The van der Waals surface area contributed by atoms with Gasteiger partial charge in [0.1, 0.15) is 17.4 Å². The molecule has 0 saturated carbocycles. The zero-order valence-electron chi connectivity index (χ0n) is 23.0. The normalized spacial score (nSPS) is 16.8. The van der Waals surface area contributed by atoms with E-state index in [0.29, 0.717) is 12.1 Å². The second-order valence-corrected chi connectivity index (χ2v) is 12.4. The van der Waals surface area contributed by atoms with Gasteiger partial charge >= 0.3 is 12.5 Å². The highest BCUT2D eigenvalue weighted by Gasteiger charge is 2.40. The summed E-state index contributed by atoms with van der Waals surface area (Å²) in [6.45, 7) is 6.84. The molecule has 0 saturated heterocycles. The number of nitrogens with one attached hydrogen (secondary N) is 2. The Morgan fingerprint density at radius 3 is 2.32 bits per heavy atom. The topological polar surface area (TPSA) is 131 Å². The number of nitrogens with zero attached hydrogens (tertiary/aromatic N) is 1. The Bertz CT molecular complexity index is 1390. The van der Waals surface area contributed by atoms with Crippen LogP contribution in [0.1, 0.15) is 56.5 Å². The monoisotopic (exact) mass is 599 g/mol. The van der Waals surface area contributed by atoms with Gasteiger partial charge in [-0.15, -0.1) is 13.2 Å². The molecule has 0 aliphatic carbocycles. The summed E-state index contributed by atoms with van der Waals surface area (Å²) in [6.07, 6.45) is -4.35. The van der Waals surface area contributed by atoms with E-state index in [0.717, 1.165) is 29.9 Å². The molecule has 1 atom stereocenters. The molecule has 10 nitrogen and oxygen atoms in total. The molecule has 1 aliphatic heterocycles. The van der Waals surface area contributed by atoms with Crippen molar-refractivity contribution in [1.82, 2.24) is 10.6 Å². The fraction of sp³-hybridized carbons (Fsp3) is 0.444. The summed E-state index contributed by atoms with van der Waals surface area (Å²) in [7, 11) is -4.18. The van der Waals surface area contributed by atoms with Crippen LogP contribution in [0.5, 0.6) is 5.75 Å². The van der Waals surface area contributed by atoms with Crippen molar-refractivity contribution in [3.05, 3.63) is 53.6 Å². The minimum absolute atomic E-state index is 0.0975. The lowest BCUT2D eigenvalue weighted by atomic mass is 10.1. The number of rotatable bonds is 8. The van der Waals surface area contributed by atoms with E-state index in [1.807, 2.05) is 6.92 Å². The predicted octanol–water partition coefficient (Wildman–Crippen LogP) is 4.33. The van der Waals surface area contributed by atoms with Gasteiger partial charge in [0, 0.05) is 12.1 Å². The van der Waals surface area contributed by atoms with E-state index in [1.54, 1.807) is 20.8 Å². The van der Waals surface area contributed by atoms with Gasteiger partial charge in [0.25, 0.3) is 11.8 Å². The molecular weight excluding hydrogens is 567 g/mol. The molecule has 41 heavy (non-hydrogen) atoms. The Morgan fingerprint density at radius 2 is 1.73 bits per heavy atom. The van der Waals surface area contributed by atoms with E-state index in [2.05, 4.69) is 15.4 Å². The van der Waals surface area contributed by atoms with Crippen LogP contribution in [0.3, 0.4) is 0 Å².